The van der Waals surface area contributed by atoms with Crippen molar-refractivity contribution >= 4 is 11.4 Å². The van der Waals surface area contributed by atoms with E-state index in [0.29, 0.717) is 18.7 Å². The summed E-state index contributed by atoms with van der Waals surface area (Å²) in [4.78, 5) is 0. The van der Waals surface area contributed by atoms with Crippen LogP contribution >= 0.6 is 0 Å². The van der Waals surface area contributed by atoms with E-state index in [9.17, 15) is 4.39 Å². The van der Waals surface area contributed by atoms with E-state index < -0.39 is 0 Å². The monoisotopic (exact) mass is 272 g/mol. The zero-order chi connectivity index (χ0) is 14.7. The summed E-state index contributed by atoms with van der Waals surface area (Å²) in [7, 11) is 0. The Balaban J connectivity index is 2.31. The summed E-state index contributed by atoms with van der Waals surface area (Å²) in [6, 6.07) is 9.43. The van der Waals surface area contributed by atoms with E-state index in [-0.39, 0.29) is 5.82 Å². The van der Waals surface area contributed by atoms with E-state index in [0.717, 1.165) is 22.4 Å². The number of hydrogen-bond acceptors (Lipinski definition) is 2. The van der Waals surface area contributed by atoms with Gasteiger partial charge in [-0.2, -0.15) is 0 Å². The number of halogens is 1. The molecule has 0 aliphatic rings. The Labute approximate surface area is 119 Å². The van der Waals surface area contributed by atoms with Gasteiger partial charge < -0.3 is 11.1 Å². The molecule has 0 aromatic heterocycles. The Morgan fingerprint density at radius 3 is 2.25 bits per heavy atom. The average molecular weight is 272 g/mol. The van der Waals surface area contributed by atoms with Crippen molar-refractivity contribution in [2.45, 2.75) is 27.2 Å². The molecule has 0 radical (unpaired) electrons. The van der Waals surface area contributed by atoms with E-state index in [1.54, 1.807) is 12.1 Å². The molecule has 0 heterocycles. The van der Waals surface area contributed by atoms with Crippen molar-refractivity contribution in [3.63, 3.8) is 0 Å². The second kappa shape index (κ2) is 6.06. The lowest BCUT2D eigenvalue weighted by molar-refractivity contribution is 0.629. The van der Waals surface area contributed by atoms with Gasteiger partial charge in [-0.15, -0.1) is 0 Å². The van der Waals surface area contributed by atoms with E-state index in [1.165, 1.54) is 5.56 Å². The zero-order valence-corrected chi connectivity index (χ0v) is 12.3. The first-order valence-corrected chi connectivity index (χ1v) is 6.84. The van der Waals surface area contributed by atoms with Crippen molar-refractivity contribution in [2.75, 3.05) is 11.9 Å². The zero-order valence-electron chi connectivity index (χ0n) is 12.3. The molecule has 0 saturated carbocycles. The smallest absolute Gasteiger partial charge is 0.146 e. The molecule has 3 heteroatoms. The van der Waals surface area contributed by atoms with Crippen molar-refractivity contribution in [3.05, 3.63) is 58.4 Å². The second-order valence-electron chi connectivity index (χ2n) is 5.25. The maximum absolute atomic E-state index is 14.1. The van der Waals surface area contributed by atoms with E-state index in [1.807, 2.05) is 19.9 Å². The van der Waals surface area contributed by atoms with Gasteiger partial charge in [0.1, 0.15) is 5.82 Å². The van der Waals surface area contributed by atoms with Crippen LogP contribution in [0.5, 0.6) is 0 Å². The first-order valence-electron chi connectivity index (χ1n) is 6.84. The van der Waals surface area contributed by atoms with Gasteiger partial charge in [0.25, 0.3) is 0 Å². The van der Waals surface area contributed by atoms with Crippen LogP contribution < -0.4 is 11.1 Å². The molecule has 0 bridgehead atoms. The molecule has 3 N–H and O–H groups in total. The highest BCUT2D eigenvalue weighted by molar-refractivity contribution is 5.67. The summed E-state index contributed by atoms with van der Waals surface area (Å²) >= 11 is 0. The normalized spacial score (nSPS) is 10.7. The lowest BCUT2D eigenvalue weighted by Gasteiger charge is -2.15. The van der Waals surface area contributed by atoms with Gasteiger partial charge in [-0.05, 0) is 62.6 Å². The van der Waals surface area contributed by atoms with Gasteiger partial charge in [0.15, 0.2) is 0 Å². The first kappa shape index (κ1) is 14.5. The van der Waals surface area contributed by atoms with Crippen molar-refractivity contribution in [1.82, 2.24) is 0 Å². The SMILES string of the molecule is Cc1cc(C)c(Nc2ccc(CCN)cc2F)c(C)c1. The molecule has 20 heavy (non-hydrogen) atoms. The van der Waals surface area contributed by atoms with Crippen molar-refractivity contribution < 1.29 is 4.39 Å². The lowest BCUT2D eigenvalue weighted by Crippen LogP contribution is -2.04. The van der Waals surface area contributed by atoms with Crippen LogP contribution in [0.1, 0.15) is 22.3 Å². The van der Waals surface area contributed by atoms with Crippen LogP contribution in [-0.4, -0.2) is 6.54 Å². The Kier molecular flexibility index (Phi) is 4.40. The second-order valence-corrected chi connectivity index (χ2v) is 5.25. The summed E-state index contributed by atoms with van der Waals surface area (Å²) in [5, 5.41) is 3.20. The van der Waals surface area contributed by atoms with Crippen LogP contribution in [0.25, 0.3) is 0 Å². The molecular formula is C17H21FN2. The number of nitrogens with two attached hydrogens (primary N) is 1. The number of nitrogens with one attached hydrogen (secondary N) is 1. The molecular weight excluding hydrogens is 251 g/mol. The summed E-state index contributed by atoms with van der Waals surface area (Å²) in [5.74, 6) is -0.240. The molecule has 0 aliphatic carbocycles. The van der Waals surface area contributed by atoms with Gasteiger partial charge in [-0.3, -0.25) is 0 Å². The summed E-state index contributed by atoms with van der Waals surface area (Å²) in [6.45, 7) is 6.65. The highest BCUT2D eigenvalue weighted by Crippen LogP contribution is 2.27. The van der Waals surface area contributed by atoms with Crippen LogP contribution in [0, 0.1) is 26.6 Å². The molecule has 0 spiro atoms. The molecule has 0 amide bonds. The Bertz CT molecular complexity index is 597. The lowest BCUT2D eigenvalue weighted by atomic mass is 10.0. The standard InChI is InChI=1S/C17H21FN2/c1-11-8-12(2)17(13(3)9-11)20-16-5-4-14(6-7-19)10-15(16)18/h4-5,8-10,20H,6-7,19H2,1-3H3. The third-order valence-electron chi connectivity index (χ3n) is 3.40. The number of aryl methyl sites for hydroxylation is 3. The minimum Gasteiger partial charge on any atom is -0.353 e. The molecule has 0 atom stereocenters. The quantitative estimate of drug-likeness (QED) is 0.883. The highest BCUT2D eigenvalue weighted by Gasteiger charge is 2.08. The largest absolute Gasteiger partial charge is 0.353 e. The van der Waals surface area contributed by atoms with Crippen molar-refractivity contribution in [1.29, 1.82) is 0 Å². The Hall–Kier alpha value is -1.87. The minimum atomic E-state index is -0.240. The number of rotatable bonds is 4. The number of benzene rings is 2. The predicted molar refractivity (Wildman–Crippen MR) is 83.1 cm³/mol. The summed E-state index contributed by atoms with van der Waals surface area (Å²) in [5.41, 5.74) is 11.3. The predicted octanol–water partition coefficient (Wildman–Crippen LogP) is 4.00. The fourth-order valence-electron chi connectivity index (χ4n) is 2.49. The van der Waals surface area contributed by atoms with Gasteiger partial charge in [0.2, 0.25) is 0 Å². The molecule has 0 unspecified atom stereocenters. The average Bonchev–Trinajstić information content (AvgIpc) is 2.36. The number of hydrogen-bond donors (Lipinski definition) is 2. The van der Waals surface area contributed by atoms with Crippen LogP contribution in [0.2, 0.25) is 0 Å². The van der Waals surface area contributed by atoms with Crippen LogP contribution in [0.15, 0.2) is 30.3 Å². The van der Waals surface area contributed by atoms with Gasteiger partial charge in [0, 0.05) is 5.69 Å². The third kappa shape index (κ3) is 3.17. The van der Waals surface area contributed by atoms with Crippen LogP contribution in [-0.2, 0) is 6.42 Å². The van der Waals surface area contributed by atoms with Crippen LogP contribution in [0.4, 0.5) is 15.8 Å². The fraction of sp³-hybridized carbons (Fsp3) is 0.294. The van der Waals surface area contributed by atoms with Crippen LogP contribution in [0.3, 0.4) is 0 Å². The number of anilines is 2. The Morgan fingerprint density at radius 2 is 1.70 bits per heavy atom. The molecule has 2 rings (SSSR count). The molecule has 2 nitrogen and oxygen atoms in total. The van der Waals surface area contributed by atoms with Gasteiger partial charge in [-0.1, -0.05) is 23.8 Å². The van der Waals surface area contributed by atoms with Gasteiger partial charge in [0.05, 0.1) is 5.69 Å². The molecule has 2 aromatic rings. The third-order valence-corrected chi connectivity index (χ3v) is 3.40. The fourth-order valence-corrected chi connectivity index (χ4v) is 2.49. The highest BCUT2D eigenvalue weighted by atomic mass is 19.1. The summed E-state index contributed by atoms with van der Waals surface area (Å²) in [6.07, 6.45) is 0.694. The first-order chi connectivity index (χ1) is 9.51. The Morgan fingerprint density at radius 1 is 1.05 bits per heavy atom. The van der Waals surface area contributed by atoms with Gasteiger partial charge >= 0.3 is 0 Å². The molecule has 0 fully saturated rings. The minimum absolute atomic E-state index is 0.240. The van der Waals surface area contributed by atoms with E-state index in [2.05, 4.69) is 24.4 Å². The maximum atomic E-state index is 14.1. The summed E-state index contributed by atoms with van der Waals surface area (Å²) < 4.78 is 14.1. The van der Waals surface area contributed by atoms with Crippen molar-refractivity contribution in [3.8, 4) is 0 Å². The topological polar surface area (TPSA) is 38.0 Å². The molecule has 0 saturated heterocycles. The van der Waals surface area contributed by atoms with E-state index in [4.69, 9.17) is 5.73 Å². The van der Waals surface area contributed by atoms with E-state index >= 15 is 0 Å². The maximum Gasteiger partial charge on any atom is 0.146 e. The molecule has 106 valence electrons. The van der Waals surface area contributed by atoms with Crippen molar-refractivity contribution in [2.24, 2.45) is 5.73 Å². The van der Waals surface area contributed by atoms with Gasteiger partial charge in [-0.25, -0.2) is 4.39 Å². The molecule has 2 aromatic carbocycles. The molecule has 0 aliphatic heterocycles.